The van der Waals surface area contributed by atoms with Crippen molar-refractivity contribution in [2.75, 3.05) is 17.6 Å². The van der Waals surface area contributed by atoms with Crippen LogP contribution in [-0.2, 0) is 0 Å². The summed E-state index contributed by atoms with van der Waals surface area (Å²) >= 11 is 2.33. The molecule has 3 rings (SSSR count). The molecule has 0 radical (unpaired) electrons. The summed E-state index contributed by atoms with van der Waals surface area (Å²) in [7, 11) is -1.57. The molecule has 184 valence electrons. The van der Waals surface area contributed by atoms with E-state index in [1.807, 2.05) is 42.5 Å². The Kier molecular flexibility index (Phi) is 11.2. The molecular formula is C29H34BIO4. The molecule has 0 spiro atoms. The molecule has 0 aromatic heterocycles. The quantitative estimate of drug-likeness (QED) is 0.0837. The lowest BCUT2D eigenvalue weighted by Crippen LogP contribution is -2.30. The number of benzene rings is 3. The molecular weight excluding hydrogens is 550 g/mol. The van der Waals surface area contributed by atoms with E-state index in [0.29, 0.717) is 24.4 Å². The average Bonchev–Trinajstić information content (AvgIpc) is 2.88. The highest BCUT2D eigenvalue weighted by Crippen LogP contribution is 2.36. The van der Waals surface area contributed by atoms with Crippen LogP contribution in [0.4, 0.5) is 0 Å². The second-order valence-corrected chi connectivity index (χ2v) is 9.43. The third-order valence-electron chi connectivity index (χ3n) is 5.75. The highest BCUT2D eigenvalue weighted by atomic mass is 127. The van der Waals surface area contributed by atoms with Gasteiger partial charge in [-0.05, 0) is 76.8 Å². The SMILES string of the molecule is CCCCOc1ccc(/C(=C(\CC)c2cc(OCCCI)cc(B(O)O)c2)c2ccccc2)cc1. The number of alkyl halides is 1. The van der Waals surface area contributed by atoms with E-state index >= 15 is 0 Å². The van der Waals surface area contributed by atoms with Crippen molar-refractivity contribution in [3.05, 3.63) is 89.5 Å². The molecule has 0 amide bonds. The van der Waals surface area contributed by atoms with Gasteiger partial charge in [0.05, 0.1) is 13.2 Å². The summed E-state index contributed by atoms with van der Waals surface area (Å²) in [5.74, 6) is 1.51. The molecule has 0 unspecified atom stereocenters. The minimum atomic E-state index is -1.57. The molecule has 0 aliphatic rings. The van der Waals surface area contributed by atoms with E-state index in [-0.39, 0.29) is 0 Å². The Bertz CT molecular complexity index is 1080. The maximum absolute atomic E-state index is 9.96. The number of hydrogen-bond donors (Lipinski definition) is 2. The number of rotatable bonds is 13. The molecule has 0 heterocycles. The van der Waals surface area contributed by atoms with Crippen LogP contribution in [0.3, 0.4) is 0 Å². The monoisotopic (exact) mass is 584 g/mol. The summed E-state index contributed by atoms with van der Waals surface area (Å²) in [6.45, 7) is 5.58. The number of halogens is 1. The Morgan fingerprint density at radius 2 is 1.43 bits per heavy atom. The van der Waals surface area contributed by atoms with Crippen molar-refractivity contribution in [1.82, 2.24) is 0 Å². The van der Waals surface area contributed by atoms with E-state index in [2.05, 4.69) is 60.7 Å². The van der Waals surface area contributed by atoms with Gasteiger partial charge in [-0.25, -0.2) is 0 Å². The number of allylic oxidation sites excluding steroid dienone is 1. The molecule has 3 aromatic rings. The second kappa shape index (κ2) is 14.3. The Balaban J connectivity index is 2.12. The van der Waals surface area contributed by atoms with Gasteiger partial charge in [-0.2, -0.15) is 0 Å². The smallest absolute Gasteiger partial charge is 0.488 e. The molecule has 2 N–H and O–H groups in total. The van der Waals surface area contributed by atoms with Crippen LogP contribution in [0, 0.1) is 0 Å². The largest absolute Gasteiger partial charge is 0.494 e. The highest BCUT2D eigenvalue weighted by molar-refractivity contribution is 14.1. The summed E-state index contributed by atoms with van der Waals surface area (Å²) in [6, 6.07) is 24.1. The lowest BCUT2D eigenvalue weighted by molar-refractivity contribution is 0.309. The van der Waals surface area contributed by atoms with Gasteiger partial charge >= 0.3 is 7.12 Å². The summed E-state index contributed by atoms with van der Waals surface area (Å²) < 4.78 is 12.8. The fourth-order valence-corrected chi connectivity index (χ4v) is 4.28. The number of ether oxygens (including phenoxy) is 2. The Labute approximate surface area is 223 Å². The molecule has 0 aliphatic carbocycles. The fraction of sp³-hybridized carbons (Fsp3) is 0.310. The van der Waals surface area contributed by atoms with Gasteiger partial charge in [-0.15, -0.1) is 0 Å². The average molecular weight is 584 g/mol. The first-order chi connectivity index (χ1) is 17.1. The maximum atomic E-state index is 9.96. The van der Waals surface area contributed by atoms with Gasteiger partial charge in [0.15, 0.2) is 0 Å². The third kappa shape index (κ3) is 7.85. The number of unbranched alkanes of at least 4 members (excludes halogenated alkanes) is 1. The van der Waals surface area contributed by atoms with E-state index < -0.39 is 7.12 Å². The third-order valence-corrected chi connectivity index (χ3v) is 6.51. The van der Waals surface area contributed by atoms with Crippen molar-refractivity contribution in [2.24, 2.45) is 0 Å². The molecule has 3 aromatic carbocycles. The van der Waals surface area contributed by atoms with Gasteiger partial charge in [0.25, 0.3) is 0 Å². The van der Waals surface area contributed by atoms with E-state index in [1.165, 1.54) is 0 Å². The van der Waals surface area contributed by atoms with Crippen molar-refractivity contribution in [1.29, 1.82) is 0 Å². The zero-order valence-corrected chi connectivity index (χ0v) is 22.7. The topological polar surface area (TPSA) is 58.9 Å². The highest BCUT2D eigenvalue weighted by Gasteiger charge is 2.18. The molecule has 0 atom stereocenters. The van der Waals surface area contributed by atoms with Crippen LogP contribution in [-0.4, -0.2) is 34.8 Å². The van der Waals surface area contributed by atoms with Gasteiger partial charge < -0.3 is 19.5 Å². The summed E-state index contributed by atoms with van der Waals surface area (Å²) in [4.78, 5) is 0. The second-order valence-electron chi connectivity index (χ2n) is 8.35. The summed E-state index contributed by atoms with van der Waals surface area (Å²) in [5.41, 5.74) is 5.74. The predicted octanol–water partition coefficient (Wildman–Crippen LogP) is 6.12. The fourth-order valence-electron chi connectivity index (χ4n) is 3.97. The maximum Gasteiger partial charge on any atom is 0.488 e. The van der Waals surface area contributed by atoms with Crippen molar-refractivity contribution < 1.29 is 19.5 Å². The molecule has 4 nitrogen and oxygen atoms in total. The lowest BCUT2D eigenvalue weighted by atomic mass is 9.77. The van der Waals surface area contributed by atoms with E-state index in [1.54, 1.807) is 6.07 Å². The first-order valence-electron chi connectivity index (χ1n) is 12.3. The molecule has 0 bridgehead atoms. The zero-order chi connectivity index (χ0) is 25.0. The summed E-state index contributed by atoms with van der Waals surface area (Å²) in [6.07, 6.45) is 3.83. The van der Waals surface area contributed by atoms with E-state index in [0.717, 1.165) is 63.7 Å². The normalized spacial score (nSPS) is 11.7. The molecule has 0 fully saturated rings. The molecule has 0 saturated carbocycles. The van der Waals surface area contributed by atoms with E-state index in [4.69, 9.17) is 9.47 Å². The Morgan fingerprint density at radius 1 is 0.771 bits per heavy atom. The van der Waals surface area contributed by atoms with Crippen LogP contribution in [0.25, 0.3) is 11.1 Å². The van der Waals surface area contributed by atoms with Crippen LogP contribution in [0.5, 0.6) is 11.5 Å². The predicted molar refractivity (Wildman–Crippen MR) is 155 cm³/mol. The Hall–Kier alpha value is -2.29. The van der Waals surface area contributed by atoms with Crippen molar-refractivity contribution in [3.63, 3.8) is 0 Å². The van der Waals surface area contributed by atoms with Crippen LogP contribution in [0.1, 0.15) is 56.2 Å². The standard InChI is InChI=1S/C29H34BIO4/c1-3-5-17-34-26-14-12-23(13-15-26)29(22-10-7-6-8-11-22)28(4-2)24-19-25(30(32)33)21-27(20-24)35-18-9-16-31/h6-8,10-15,19-21,32-33H,3-5,9,16-18H2,1-2H3/b29-28+. The van der Waals surface area contributed by atoms with Gasteiger partial charge in [-0.1, -0.05) is 91.4 Å². The van der Waals surface area contributed by atoms with Gasteiger partial charge in [0.2, 0.25) is 0 Å². The van der Waals surface area contributed by atoms with Crippen molar-refractivity contribution in [2.45, 2.75) is 39.5 Å². The van der Waals surface area contributed by atoms with Crippen LogP contribution in [0.2, 0.25) is 0 Å². The molecule has 0 aliphatic heterocycles. The van der Waals surface area contributed by atoms with Gasteiger partial charge in [0.1, 0.15) is 11.5 Å². The minimum absolute atomic E-state index is 0.421. The van der Waals surface area contributed by atoms with E-state index in [9.17, 15) is 10.0 Å². The number of hydrogen-bond acceptors (Lipinski definition) is 4. The van der Waals surface area contributed by atoms with Crippen molar-refractivity contribution >= 4 is 46.3 Å². The molecule has 35 heavy (non-hydrogen) atoms. The van der Waals surface area contributed by atoms with Gasteiger partial charge in [-0.3, -0.25) is 0 Å². The summed E-state index contributed by atoms with van der Waals surface area (Å²) in [5, 5.41) is 19.9. The molecule has 6 heteroatoms. The minimum Gasteiger partial charge on any atom is -0.494 e. The molecule has 0 saturated heterocycles. The van der Waals surface area contributed by atoms with Crippen LogP contribution < -0.4 is 14.9 Å². The Morgan fingerprint density at radius 3 is 2.06 bits per heavy atom. The first kappa shape index (κ1) is 27.3. The van der Waals surface area contributed by atoms with Crippen molar-refractivity contribution in [3.8, 4) is 11.5 Å². The zero-order valence-electron chi connectivity index (χ0n) is 20.5. The van der Waals surface area contributed by atoms with Crippen LogP contribution in [0.15, 0.2) is 72.8 Å². The first-order valence-corrected chi connectivity index (χ1v) is 13.8. The van der Waals surface area contributed by atoms with Gasteiger partial charge in [0, 0.05) is 4.43 Å². The van der Waals surface area contributed by atoms with Crippen LogP contribution >= 0.6 is 22.6 Å². The lowest BCUT2D eigenvalue weighted by Gasteiger charge is -2.18.